The molecule has 1 aromatic rings. The Morgan fingerprint density at radius 3 is 2.45 bits per heavy atom. The van der Waals surface area contributed by atoms with Gasteiger partial charge in [-0.1, -0.05) is 13.8 Å². The highest BCUT2D eigenvalue weighted by Crippen LogP contribution is 2.38. The van der Waals surface area contributed by atoms with Crippen LogP contribution in [-0.4, -0.2) is 18.1 Å². The first-order chi connectivity index (χ1) is 9.34. The number of hydrogen-bond acceptors (Lipinski definition) is 3. The number of nitriles is 1. The number of aromatic nitrogens is 1. The second-order valence-corrected chi connectivity index (χ2v) is 6.86. The number of aryl methyl sites for hydroxylation is 2. The highest BCUT2D eigenvalue weighted by molar-refractivity contribution is 5.61. The molecule has 1 fully saturated rings. The molecule has 0 bridgehead atoms. The Hall–Kier alpha value is -1.56. The first kappa shape index (κ1) is 14.8. The monoisotopic (exact) mass is 271 g/mol. The smallest absolute Gasteiger partial charge is 0.103 e. The Bertz CT molecular complexity index is 530. The van der Waals surface area contributed by atoms with E-state index in [-0.39, 0.29) is 0 Å². The largest absolute Gasteiger partial charge is 0.370 e. The lowest BCUT2D eigenvalue weighted by atomic mass is 9.75. The molecule has 1 heterocycles. The topological polar surface area (TPSA) is 39.9 Å². The molecule has 0 radical (unpaired) electrons. The van der Waals surface area contributed by atoms with Crippen LogP contribution in [0.15, 0.2) is 6.07 Å². The van der Waals surface area contributed by atoms with Gasteiger partial charge in [0, 0.05) is 18.8 Å². The predicted octanol–water partition coefficient (Wildman–Crippen LogP) is 3.98. The average molecular weight is 271 g/mol. The van der Waals surface area contributed by atoms with E-state index in [0.717, 1.165) is 22.6 Å². The molecule has 0 N–H and O–H groups in total. The van der Waals surface area contributed by atoms with Crippen molar-refractivity contribution in [3.8, 4) is 6.07 Å². The minimum atomic E-state index is 0.472. The van der Waals surface area contributed by atoms with Crippen molar-refractivity contribution in [2.24, 2.45) is 5.41 Å². The minimum Gasteiger partial charge on any atom is -0.370 e. The number of rotatable bonds is 2. The molecule has 108 valence electrons. The quantitative estimate of drug-likeness (QED) is 0.817. The molecule has 1 aliphatic rings. The molecule has 2 rings (SSSR count). The second-order valence-electron chi connectivity index (χ2n) is 6.86. The first-order valence-electron chi connectivity index (χ1n) is 7.45. The molecule has 20 heavy (non-hydrogen) atoms. The van der Waals surface area contributed by atoms with Crippen molar-refractivity contribution in [3.05, 3.63) is 23.0 Å². The molecule has 0 saturated heterocycles. The maximum atomic E-state index is 9.40. The number of anilines is 1. The Morgan fingerprint density at radius 1 is 1.30 bits per heavy atom. The highest BCUT2D eigenvalue weighted by atomic mass is 15.1. The molecular formula is C17H25N3. The third kappa shape index (κ3) is 2.95. The van der Waals surface area contributed by atoms with Gasteiger partial charge in [0.2, 0.25) is 0 Å². The molecule has 0 atom stereocenters. The Kier molecular flexibility index (Phi) is 4.04. The summed E-state index contributed by atoms with van der Waals surface area (Å²) in [6, 6.07) is 4.91. The molecule has 0 unspecified atom stereocenters. The summed E-state index contributed by atoms with van der Waals surface area (Å²) in [4.78, 5) is 6.71. The fraction of sp³-hybridized carbons (Fsp3) is 0.647. The lowest BCUT2D eigenvalue weighted by Crippen LogP contribution is -2.37. The maximum absolute atomic E-state index is 9.40. The molecule has 0 aromatic carbocycles. The number of pyridine rings is 1. The van der Waals surface area contributed by atoms with Gasteiger partial charge in [-0.25, -0.2) is 0 Å². The summed E-state index contributed by atoms with van der Waals surface area (Å²) in [5, 5.41) is 9.40. The molecule has 1 aliphatic carbocycles. The minimum absolute atomic E-state index is 0.472. The summed E-state index contributed by atoms with van der Waals surface area (Å²) < 4.78 is 0. The zero-order chi connectivity index (χ0) is 14.9. The average Bonchev–Trinajstić information content (AvgIpc) is 2.37. The van der Waals surface area contributed by atoms with Crippen LogP contribution in [-0.2, 0) is 0 Å². The van der Waals surface area contributed by atoms with Gasteiger partial charge >= 0.3 is 0 Å². The van der Waals surface area contributed by atoms with E-state index in [9.17, 15) is 5.26 Å². The zero-order valence-electron chi connectivity index (χ0n) is 13.3. The second kappa shape index (κ2) is 5.44. The fourth-order valence-electron chi connectivity index (χ4n) is 3.19. The van der Waals surface area contributed by atoms with Gasteiger partial charge in [-0.2, -0.15) is 5.26 Å². The standard InChI is InChI=1S/C17H25N3/c1-12-10-16(15(11-18)13(2)19-12)20(5)14-6-8-17(3,4)9-7-14/h10,14H,6-9H2,1-5H3. The van der Waals surface area contributed by atoms with E-state index in [4.69, 9.17) is 0 Å². The van der Waals surface area contributed by atoms with Crippen LogP contribution in [0.4, 0.5) is 5.69 Å². The number of nitrogens with zero attached hydrogens (tertiary/aromatic N) is 3. The van der Waals surface area contributed by atoms with E-state index in [1.807, 2.05) is 19.9 Å². The van der Waals surface area contributed by atoms with Crippen LogP contribution < -0.4 is 4.90 Å². The van der Waals surface area contributed by atoms with Crippen LogP contribution in [0.3, 0.4) is 0 Å². The fourth-order valence-corrected chi connectivity index (χ4v) is 3.19. The summed E-state index contributed by atoms with van der Waals surface area (Å²) in [6.45, 7) is 8.62. The van der Waals surface area contributed by atoms with E-state index in [1.165, 1.54) is 25.7 Å². The first-order valence-corrected chi connectivity index (χ1v) is 7.45. The Labute approximate surface area is 122 Å². The van der Waals surface area contributed by atoms with Gasteiger partial charge in [0.05, 0.1) is 16.9 Å². The molecule has 0 spiro atoms. The SMILES string of the molecule is Cc1cc(N(C)C2CCC(C)(C)CC2)c(C#N)c(C)n1. The summed E-state index contributed by atoms with van der Waals surface area (Å²) in [5.74, 6) is 0. The van der Waals surface area contributed by atoms with Gasteiger partial charge < -0.3 is 4.90 Å². The maximum Gasteiger partial charge on any atom is 0.103 e. The van der Waals surface area contributed by atoms with E-state index in [0.29, 0.717) is 11.5 Å². The van der Waals surface area contributed by atoms with Crippen LogP contribution in [0, 0.1) is 30.6 Å². The summed E-state index contributed by atoms with van der Waals surface area (Å²) in [6.07, 6.45) is 4.92. The van der Waals surface area contributed by atoms with Gasteiger partial charge in [0.25, 0.3) is 0 Å². The molecule has 3 heteroatoms. The predicted molar refractivity (Wildman–Crippen MR) is 82.9 cm³/mol. The van der Waals surface area contributed by atoms with Gasteiger partial charge in [-0.3, -0.25) is 4.98 Å². The van der Waals surface area contributed by atoms with Crippen molar-refractivity contribution in [1.82, 2.24) is 4.98 Å². The summed E-state index contributed by atoms with van der Waals surface area (Å²) in [7, 11) is 2.12. The Morgan fingerprint density at radius 2 is 1.90 bits per heavy atom. The van der Waals surface area contributed by atoms with Crippen molar-refractivity contribution in [3.63, 3.8) is 0 Å². The Balaban J connectivity index is 2.26. The normalized spacial score (nSPS) is 18.6. The highest BCUT2D eigenvalue weighted by Gasteiger charge is 2.29. The van der Waals surface area contributed by atoms with Crippen molar-refractivity contribution < 1.29 is 0 Å². The molecular weight excluding hydrogens is 246 g/mol. The molecule has 0 amide bonds. The van der Waals surface area contributed by atoms with Crippen molar-refractivity contribution in [2.75, 3.05) is 11.9 Å². The molecule has 1 saturated carbocycles. The van der Waals surface area contributed by atoms with Gasteiger partial charge in [-0.05, 0) is 51.0 Å². The molecule has 0 aliphatic heterocycles. The van der Waals surface area contributed by atoms with Gasteiger partial charge in [0.1, 0.15) is 6.07 Å². The van der Waals surface area contributed by atoms with Crippen molar-refractivity contribution >= 4 is 5.69 Å². The zero-order valence-corrected chi connectivity index (χ0v) is 13.3. The van der Waals surface area contributed by atoms with E-state index in [1.54, 1.807) is 0 Å². The summed E-state index contributed by atoms with van der Waals surface area (Å²) in [5.41, 5.74) is 4.06. The van der Waals surface area contributed by atoms with Crippen LogP contribution in [0.2, 0.25) is 0 Å². The number of hydrogen-bond donors (Lipinski definition) is 0. The van der Waals surface area contributed by atoms with Gasteiger partial charge in [0.15, 0.2) is 0 Å². The van der Waals surface area contributed by atoms with Crippen molar-refractivity contribution in [2.45, 2.75) is 59.4 Å². The third-order valence-electron chi connectivity index (χ3n) is 4.66. The van der Waals surface area contributed by atoms with E-state index < -0.39 is 0 Å². The van der Waals surface area contributed by atoms with Crippen molar-refractivity contribution in [1.29, 1.82) is 5.26 Å². The lowest BCUT2D eigenvalue weighted by molar-refractivity contribution is 0.222. The summed E-state index contributed by atoms with van der Waals surface area (Å²) >= 11 is 0. The third-order valence-corrected chi connectivity index (χ3v) is 4.66. The molecule has 1 aromatic heterocycles. The van der Waals surface area contributed by atoms with Crippen LogP contribution in [0.5, 0.6) is 0 Å². The van der Waals surface area contributed by atoms with E-state index >= 15 is 0 Å². The van der Waals surface area contributed by atoms with Crippen LogP contribution in [0.25, 0.3) is 0 Å². The van der Waals surface area contributed by atoms with Gasteiger partial charge in [-0.15, -0.1) is 0 Å². The van der Waals surface area contributed by atoms with E-state index in [2.05, 4.69) is 36.8 Å². The lowest BCUT2D eigenvalue weighted by Gasteiger charge is -2.40. The molecule has 3 nitrogen and oxygen atoms in total. The van der Waals surface area contributed by atoms with Crippen LogP contribution >= 0.6 is 0 Å². The van der Waals surface area contributed by atoms with Crippen LogP contribution in [0.1, 0.15) is 56.5 Å².